The third-order valence-electron chi connectivity index (χ3n) is 4.70. The molecule has 1 unspecified atom stereocenters. The van der Waals surface area contributed by atoms with Crippen LogP contribution in [0.1, 0.15) is 23.6 Å². The summed E-state index contributed by atoms with van der Waals surface area (Å²) < 4.78 is 0. The standard InChI is InChI=1S/C22H21N/c1-4-10-18(11-5-1)16-17-21-22(19-12-6-2-7-13-19)23(21)20-14-8-3-9-15-20/h1-15,21-22H,16-17H2/t21?,22-,23?/m1/s1. The van der Waals surface area contributed by atoms with Gasteiger partial charge in [0, 0.05) is 5.69 Å². The van der Waals surface area contributed by atoms with Crippen LogP contribution in [-0.4, -0.2) is 6.04 Å². The van der Waals surface area contributed by atoms with Gasteiger partial charge in [0.05, 0.1) is 12.1 Å². The molecule has 1 fully saturated rings. The highest BCUT2D eigenvalue weighted by atomic mass is 15.4. The van der Waals surface area contributed by atoms with Crippen LogP contribution in [0.4, 0.5) is 5.69 Å². The van der Waals surface area contributed by atoms with E-state index in [0.717, 1.165) is 6.42 Å². The lowest BCUT2D eigenvalue weighted by atomic mass is 10.0. The summed E-state index contributed by atoms with van der Waals surface area (Å²) in [5, 5.41) is 0. The molecule has 114 valence electrons. The lowest BCUT2D eigenvalue weighted by Crippen LogP contribution is -2.00. The minimum absolute atomic E-state index is 0.516. The van der Waals surface area contributed by atoms with Crippen LogP contribution in [0.3, 0.4) is 0 Å². The average molecular weight is 299 g/mol. The topological polar surface area (TPSA) is 3.01 Å². The zero-order valence-corrected chi connectivity index (χ0v) is 13.2. The van der Waals surface area contributed by atoms with Crippen molar-refractivity contribution in [2.24, 2.45) is 0 Å². The average Bonchev–Trinajstić information content (AvgIpc) is 3.37. The first-order valence-electron chi connectivity index (χ1n) is 8.36. The molecule has 0 bridgehead atoms. The van der Waals surface area contributed by atoms with Crippen molar-refractivity contribution in [1.82, 2.24) is 0 Å². The number of aryl methyl sites for hydroxylation is 1. The van der Waals surface area contributed by atoms with Crippen molar-refractivity contribution in [2.75, 3.05) is 4.90 Å². The van der Waals surface area contributed by atoms with Crippen molar-refractivity contribution in [3.8, 4) is 0 Å². The van der Waals surface area contributed by atoms with E-state index in [1.807, 2.05) is 0 Å². The van der Waals surface area contributed by atoms with Crippen molar-refractivity contribution in [1.29, 1.82) is 0 Å². The van der Waals surface area contributed by atoms with Crippen LogP contribution in [0.5, 0.6) is 0 Å². The molecule has 0 aromatic heterocycles. The lowest BCUT2D eigenvalue weighted by molar-refractivity contribution is 0.792. The first-order chi connectivity index (χ1) is 11.4. The van der Waals surface area contributed by atoms with Crippen LogP contribution < -0.4 is 4.90 Å². The van der Waals surface area contributed by atoms with E-state index in [4.69, 9.17) is 0 Å². The number of benzene rings is 3. The fourth-order valence-corrected chi connectivity index (χ4v) is 3.52. The molecule has 23 heavy (non-hydrogen) atoms. The van der Waals surface area contributed by atoms with Gasteiger partial charge in [0.15, 0.2) is 0 Å². The molecule has 0 aliphatic carbocycles. The number of hydrogen-bond acceptors (Lipinski definition) is 1. The van der Waals surface area contributed by atoms with E-state index in [0.29, 0.717) is 12.1 Å². The molecule has 3 aromatic carbocycles. The first kappa shape index (κ1) is 14.1. The minimum atomic E-state index is 0.516. The van der Waals surface area contributed by atoms with E-state index >= 15 is 0 Å². The van der Waals surface area contributed by atoms with Crippen molar-refractivity contribution in [2.45, 2.75) is 24.9 Å². The van der Waals surface area contributed by atoms with Gasteiger partial charge in [0.1, 0.15) is 0 Å². The number of rotatable bonds is 5. The molecule has 1 heteroatoms. The molecule has 1 aliphatic rings. The monoisotopic (exact) mass is 299 g/mol. The van der Waals surface area contributed by atoms with Crippen LogP contribution in [0.2, 0.25) is 0 Å². The van der Waals surface area contributed by atoms with Crippen molar-refractivity contribution in [3.63, 3.8) is 0 Å². The molecular formula is C22H21N. The molecule has 0 N–H and O–H groups in total. The number of para-hydroxylation sites is 1. The van der Waals surface area contributed by atoms with Gasteiger partial charge in [-0.15, -0.1) is 0 Å². The summed E-state index contributed by atoms with van der Waals surface area (Å²) in [5.41, 5.74) is 4.19. The molecular weight excluding hydrogens is 278 g/mol. The van der Waals surface area contributed by atoms with Gasteiger partial charge in [-0.05, 0) is 36.1 Å². The van der Waals surface area contributed by atoms with Gasteiger partial charge in [-0.3, -0.25) is 0 Å². The first-order valence-corrected chi connectivity index (χ1v) is 8.36. The van der Waals surface area contributed by atoms with Crippen molar-refractivity contribution in [3.05, 3.63) is 102 Å². The van der Waals surface area contributed by atoms with Crippen LogP contribution in [0.25, 0.3) is 0 Å². The van der Waals surface area contributed by atoms with Gasteiger partial charge < -0.3 is 4.90 Å². The number of nitrogens with zero attached hydrogens (tertiary/aromatic N) is 1. The summed E-state index contributed by atoms with van der Waals surface area (Å²) >= 11 is 0. The second-order valence-corrected chi connectivity index (χ2v) is 6.19. The molecule has 0 amide bonds. The highest BCUT2D eigenvalue weighted by Gasteiger charge is 2.47. The zero-order valence-electron chi connectivity index (χ0n) is 13.2. The van der Waals surface area contributed by atoms with E-state index in [1.54, 1.807) is 0 Å². The molecule has 1 nitrogen and oxygen atoms in total. The highest BCUT2D eigenvalue weighted by molar-refractivity contribution is 5.59. The fraction of sp³-hybridized carbons (Fsp3) is 0.182. The molecule has 0 spiro atoms. The van der Waals surface area contributed by atoms with E-state index in [2.05, 4.69) is 95.9 Å². The van der Waals surface area contributed by atoms with Crippen LogP contribution >= 0.6 is 0 Å². The summed E-state index contributed by atoms with van der Waals surface area (Å²) in [6.45, 7) is 0. The predicted molar refractivity (Wildman–Crippen MR) is 96.7 cm³/mol. The molecule has 1 saturated heterocycles. The number of hydrogen-bond donors (Lipinski definition) is 0. The van der Waals surface area contributed by atoms with Crippen molar-refractivity contribution < 1.29 is 0 Å². The fourth-order valence-electron chi connectivity index (χ4n) is 3.52. The zero-order chi connectivity index (χ0) is 15.5. The largest absolute Gasteiger partial charge is 0.357 e. The minimum Gasteiger partial charge on any atom is -0.357 e. The molecule has 1 aliphatic heterocycles. The maximum Gasteiger partial charge on any atom is 0.0750 e. The molecule has 0 saturated carbocycles. The molecule has 1 heterocycles. The summed E-state index contributed by atoms with van der Waals surface area (Å²) in [7, 11) is 0. The predicted octanol–water partition coefficient (Wildman–Crippen LogP) is 5.25. The van der Waals surface area contributed by atoms with Gasteiger partial charge in [0.2, 0.25) is 0 Å². The van der Waals surface area contributed by atoms with E-state index < -0.39 is 0 Å². The molecule has 4 rings (SSSR count). The quantitative estimate of drug-likeness (QED) is 0.581. The normalized spacial score (nSPS) is 19.6. The Kier molecular flexibility index (Phi) is 3.85. The molecule has 0 radical (unpaired) electrons. The Morgan fingerprint density at radius 2 is 1.22 bits per heavy atom. The van der Waals surface area contributed by atoms with E-state index in [-0.39, 0.29) is 0 Å². The second-order valence-electron chi connectivity index (χ2n) is 6.19. The van der Waals surface area contributed by atoms with Gasteiger partial charge in [-0.2, -0.15) is 0 Å². The maximum atomic E-state index is 2.55. The third-order valence-corrected chi connectivity index (χ3v) is 4.70. The Morgan fingerprint density at radius 1 is 0.652 bits per heavy atom. The van der Waals surface area contributed by atoms with Crippen LogP contribution in [0, 0.1) is 0 Å². The van der Waals surface area contributed by atoms with Gasteiger partial charge in [-0.25, -0.2) is 0 Å². The summed E-state index contributed by atoms with van der Waals surface area (Å²) in [6, 6.07) is 33.6. The Morgan fingerprint density at radius 3 is 1.87 bits per heavy atom. The lowest BCUT2D eigenvalue weighted by Gasteiger charge is -2.06. The smallest absolute Gasteiger partial charge is 0.0750 e. The van der Waals surface area contributed by atoms with Crippen LogP contribution in [-0.2, 0) is 6.42 Å². The molecule has 3 aromatic rings. The third kappa shape index (κ3) is 3.00. The Hall–Kier alpha value is -2.54. The van der Waals surface area contributed by atoms with Crippen molar-refractivity contribution >= 4 is 5.69 Å². The van der Waals surface area contributed by atoms with Gasteiger partial charge >= 0.3 is 0 Å². The van der Waals surface area contributed by atoms with E-state index in [1.165, 1.54) is 23.2 Å². The summed E-state index contributed by atoms with van der Waals surface area (Å²) in [4.78, 5) is 2.55. The highest BCUT2D eigenvalue weighted by Crippen LogP contribution is 2.48. The maximum absolute atomic E-state index is 2.55. The SMILES string of the molecule is c1ccc(CCC2[C@@H](c3ccccc3)N2c2ccccc2)cc1. The van der Waals surface area contributed by atoms with Crippen LogP contribution in [0.15, 0.2) is 91.0 Å². The number of anilines is 1. The summed E-state index contributed by atoms with van der Waals surface area (Å²) in [5.74, 6) is 0. The Balaban J connectivity index is 1.54. The second kappa shape index (κ2) is 6.29. The Labute approximate surface area is 138 Å². The van der Waals surface area contributed by atoms with Gasteiger partial charge in [-0.1, -0.05) is 78.9 Å². The van der Waals surface area contributed by atoms with Gasteiger partial charge in [0.25, 0.3) is 0 Å². The summed E-state index contributed by atoms with van der Waals surface area (Å²) in [6.07, 6.45) is 2.33. The van der Waals surface area contributed by atoms with E-state index in [9.17, 15) is 0 Å². The molecule has 2 atom stereocenters. The Bertz CT molecular complexity index is 691.